The van der Waals surface area contributed by atoms with E-state index in [1.54, 1.807) is 29.9 Å². The van der Waals surface area contributed by atoms with E-state index in [0.29, 0.717) is 0 Å². The second-order valence-corrected chi connectivity index (χ2v) is 3.88. The molecule has 1 N–H and O–H groups in total. The highest BCUT2D eigenvalue weighted by molar-refractivity contribution is 8.16. The van der Waals surface area contributed by atoms with Crippen LogP contribution in [0.5, 0.6) is 0 Å². The van der Waals surface area contributed by atoms with E-state index in [1.807, 2.05) is 18.2 Å². The number of rotatable bonds is 4. The molecule has 1 heterocycles. The minimum absolute atomic E-state index is 0.923. The molecule has 0 aliphatic carbocycles. The fraction of sp³-hybridized carbons (Fsp3) is 0.286. The number of pyridine rings is 1. The molecule has 0 saturated heterocycles. The minimum atomic E-state index is 0.923. The molecule has 1 aromatic heterocycles. The van der Waals surface area contributed by atoms with E-state index in [1.165, 1.54) is 0 Å². The van der Waals surface area contributed by atoms with Gasteiger partial charge in [-0.3, -0.25) is 0 Å². The molecule has 0 radical (unpaired) electrons. The zero-order valence-corrected chi connectivity index (χ0v) is 7.91. The smallest absolute Gasteiger partial charge is 0.135 e. The molecule has 4 heteroatoms. The molecule has 0 fully saturated rings. The van der Waals surface area contributed by atoms with Crippen molar-refractivity contribution < 1.29 is 0 Å². The zero-order valence-electron chi connectivity index (χ0n) is 6.28. The maximum atomic E-state index is 4.11. The Balaban J connectivity index is 2.28. The van der Waals surface area contributed by atoms with Crippen LogP contribution in [0.1, 0.15) is 0 Å². The maximum Gasteiger partial charge on any atom is 0.135 e. The van der Waals surface area contributed by atoms with Crippen molar-refractivity contribution in [2.75, 3.05) is 16.1 Å². The van der Waals surface area contributed by atoms with Crippen molar-refractivity contribution in [1.29, 1.82) is 0 Å². The van der Waals surface area contributed by atoms with Crippen LogP contribution in [-0.4, -0.2) is 16.3 Å². The van der Waals surface area contributed by atoms with Crippen molar-refractivity contribution in [2.45, 2.75) is 0 Å². The summed E-state index contributed by atoms with van der Waals surface area (Å²) in [5, 5.41) is 1.04. The van der Waals surface area contributed by atoms with Crippen LogP contribution in [0.3, 0.4) is 0 Å². The van der Waals surface area contributed by atoms with Gasteiger partial charge in [0.2, 0.25) is 0 Å². The number of thioether (sulfide) groups is 1. The Kier molecular flexibility index (Phi) is 4.23. The van der Waals surface area contributed by atoms with Crippen molar-refractivity contribution in [1.82, 2.24) is 4.98 Å². The van der Waals surface area contributed by atoms with Gasteiger partial charge in [-0.05, 0) is 30.3 Å². The first-order valence-electron chi connectivity index (χ1n) is 3.21. The van der Waals surface area contributed by atoms with E-state index in [4.69, 9.17) is 0 Å². The lowest BCUT2D eigenvalue weighted by Gasteiger charge is -2.00. The third-order valence-electron chi connectivity index (χ3n) is 1.02. The van der Waals surface area contributed by atoms with Crippen molar-refractivity contribution in [3.8, 4) is 0 Å². The second-order valence-electron chi connectivity index (χ2n) is 1.87. The molecule has 0 saturated carbocycles. The van der Waals surface area contributed by atoms with Crippen LogP contribution in [-0.2, 0) is 0 Å². The molecule has 0 unspecified atom stereocenters. The lowest BCUT2D eigenvalue weighted by atomic mass is 10.5. The summed E-state index contributed by atoms with van der Waals surface area (Å²) in [5.74, 6) is 0.923. The summed E-state index contributed by atoms with van der Waals surface area (Å²) in [6, 6.07) is 5.83. The Morgan fingerprint density at radius 2 is 2.45 bits per heavy atom. The van der Waals surface area contributed by atoms with Gasteiger partial charge in [-0.25, -0.2) is 4.98 Å². The predicted octanol–water partition coefficient (Wildman–Crippen LogP) is 2.46. The Hall–Kier alpha value is -0.350. The standard InChI is InChI=1S/C7H10N2S2/c1-10-6-11-9-7-4-2-3-5-8-7/h2-5H,6H2,1H3,(H,8,9). The topological polar surface area (TPSA) is 24.9 Å². The average Bonchev–Trinajstić information content (AvgIpc) is 2.07. The summed E-state index contributed by atoms with van der Waals surface area (Å²) in [6.07, 6.45) is 3.86. The van der Waals surface area contributed by atoms with E-state index in [2.05, 4.69) is 16.0 Å². The third kappa shape index (κ3) is 3.53. The van der Waals surface area contributed by atoms with E-state index in [-0.39, 0.29) is 0 Å². The van der Waals surface area contributed by atoms with Crippen LogP contribution in [0, 0.1) is 0 Å². The molecular weight excluding hydrogens is 176 g/mol. The van der Waals surface area contributed by atoms with Crippen LogP contribution in [0.25, 0.3) is 0 Å². The lowest BCUT2D eigenvalue weighted by Crippen LogP contribution is -1.88. The van der Waals surface area contributed by atoms with Crippen LogP contribution in [0.4, 0.5) is 5.82 Å². The van der Waals surface area contributed by atoms with Crippen LogP contribution in [0.2, 0.25) is 0 Å². The average molecular weight is 186 g/mol. The molecule has 0 bridgehead atoms. The molecule has 0 spiro atoms. The van der Waals surface area contributed by atoms with Gasteiger partial charge in [-0.1, -0.05) is 6.07 Å². The molecule has 0 aliphatic heterocycles. The number of anilines is 1. The van der Waals surface area contributed by atoms with E-state index < -0.39 is 0 Å². The molecule has 0 amide bonds. The first-order chi connectivity index (χ1) is 5.43. The normalized spacial score (nSPS) is 9.55. The molecule has 1 aromatic rings. The molecule has 1 rings (SSSR count). The Morgan fingerprint density at radius 1 is 1.55 bits per heavy atom. The zero-order chi connectivity index (χ0) is 7.94. The van der Waals surface area contributed by atoms with Gasteiger partial charge >= 0.3 is 0 Å². The van der Waals surface area contributed by atoms with Gasteiger partial charge in [0.25, 0.3) is 0 Å². The highest BCUT2D eigenvalue weighted by Crippen LogP contribution is 2.11. The number of aromatic nitrogens is 1. The van der Waals surface area contributed by atoms with Gasteiger partial charge in [0.1, 0.15) is 5.82 Å². The van der Waals surface area contributed by atoms with Crippen molar-refractivity contribution in [2.24, 2.45) is 0 Å². The van der Waals surface area contributed by atoms with Gasteiger partial charge in [0.15, 0.2) is 0 Å². The molecule has 0 aromatic carbocycles. The summed E-state index contributed by atoms with van der Waals surface area (Å²) >= 11 is 3.45. The van der Waals surface area contributed by atoms with Crippen molar-refractivity contribution in [3.05, 3.63) is 24.4 Å². The fourth-order valence-corrected chi connectivity index (χ4v) is 1.56. The molecule has 2 nitrogen and oxygen atoms in total. The minimum Gasteiger partial charge on any atom is -0.314 e. The molecule has 11 heavy (non-hydrogen) atoms. The summed E-state index contributed by atoms with van der Waals surface area (Å²) < 4.78 is 3.13. The number of nitrogens with zero attached hydrogens (tertiary/aromatic N) is 1. The number of hydrogen-bond acceptors (Lipinski definition) is 4. The molecule has 60 valence electrons. The quantitative estimate of drug-likeness (QED) is 0.443. The van der Waals surface area contributed by atoms with Crippen molar-refractivity contribution >= 4 is 29.5 Å². The van der Waals surface area contributed by atoms with Crippen LogP contribution >= 0.6 is 23.7 Å². The molecule has 0 aliphatic rings. The Morgan fingerprint density at radius 3 is 3.09 bits per heavy atom. The van der Waals surface area contributed by atoms with E-state index in [9.17, 15) is 0 Å². The summed E-state index contributed by atoms with van der Waals surface area (Å²) in [4.78, 5) is 4.11. The Bertz CT molecular complexity index is 191. The largest absolute Gasteiger partial charge is 0.314 e. The van der Waals surface area contributed by atoms with Crippen LogP contribution in [0.15, 0.2) is 24.4 Å². The first kappa shape index (κ1) is 8.74. The molecular formula is C7H10N2S2. The third-order valence-corrected chi connectivity index (χ3v) is 2.79. The monoisotopic (exact) mass is 186 g/mol. The second kappa shape index (κ2) is 5.32. The predicted molar refractivity (Wildman–Crippen MR) is 53.8 cm³/mol. The SMILES string of the molecule is CSCSNc1ccccn1. The van der Waals surface area contributed by atoms with Gasteiger partial charge in [0.05, 0.1) is 5.08 Å². The summed E-state index contributed by atoms with van der Waals surface area (Å²) in [7, 11) is 0. The van der Waals surface area contributed by atoms with Gasteiger partial charge in [-0.2, -0.15) is 11.8 Å². The number of nitrogens with one attached hydrogen (secondary N) is 1. The van der Waals surface area contributed by atoms with Gasteiger partial charge in [0, 0.05) is 6.20 Å². The first-order valence-corrected chi connectivity index (χ1v) is 5.59. The van der Waals surface area contributed by atoms with E-state index in [0.717, 1.165) is 10.9 Å². The van der Waals surface area contributed by atoms with Crippen LogP contribution < -0.4 is 4.72 Å². The fourth-order valence-electron chi connectivity index (χ4n) is 0.585. The lowest BCUT2D eigenvalue weighted by molar-refractivity contribution is 1.34. The molecule has 0 atom stereocenters. The van der Waals surface area contributed by atoms with Gasteiger partial charge < -0.3 is 4.72 Å². The Labute approximate surface area is 75.3 Å². The highest BCUT2D eigenvalue weighted by Gasteiger charge is 1.88. The number of hydrogen-bond donors (Lipinski definition) is 1. The maximum absolute atomic E-state index is 4.11. The summed E-state index contributed by atoms with van der Waals surface area (Å²) in [5.41, 5.74) is 0. The van der Waals surface area contributed by atoms with E-state index >= 15 is 0 Å². The highest BCUT2D eigenvalue weighted by atomic mass is 32.2. The summed E-state index contributed by atoms with van der Waals surface area (Å²) in [6.45, 7) is 0. The van der Waals surface area contributed by atoms with Gasteiger partial charge in [-0.15, -0.1) is 0 Å². The van der Waals surface area contributed by atoms with Crippen molar-refractivity contribution in [3.63, 3.8) is 0 Å².